The second-order valence-corrected chi connectivity index (χ2v) is 8.43. The van der Waals surface area contributed by atoms with Gasteiger partial charge in [-0.3, -0.25) is 4.79 Å². The quantitative estimate of drug-likeness (QED) is 0.812. The molecule has 0 aliphatic carbocycles. The van der Waals surface area contributed by atoms with Gasteiger partial charge in [-0.25, -0.2) is 0 Å². The Morgan fingerprint density at radius 1 is 1.27 bits per heavy atom. The number of halogens is 1. The highest BCUT2D eigenvalue weighted by Crippen LogP contribution is 2.44. The van der Waals surface area contributed by atoms with Crippen molar-refractivity contribution in [2.24, 2.45) is 7.05 Å². The average Bonchev–Trinajstić information content (AvgIpc) is 2.96. The second kappa shape index (κ2) is 6.74. The second-order valence-electron chi connectivity index (χ2n) is 7.51. The number of hydrogen-bond acceptors (Lipinski definition) is 3. The van der Waals surface area contributed by atoms with Crippen LogP contribution in [-0.4, -0.2) is 41.1 Å². The van der Waals surface area contributed by atoms with E-state index in [2.05, 4.69) is 39.3 Å². The summed E-state index contributed by atoms with van der Waals surface area (Å²) in [5.74, 6) is 0.852. The molecular formula is C20H24BrN3O2. The van der Waals surface area contributed by atoms with Crippen LogP contribution in [-0.2, 0) is 7.05 Å². The third kappa shape index (κ3) is 3.28. The molecule has 2 aliphatic heterocycles. The lowest BCUT2D eigenvalue weighted by Crippen LogP contribution is -2.51. The Morgan fingerprint density at radius 3 is 2.69 bits per heavy atom. The van der Waals surface area contributed by atoms with E-state index in [1.54, 1.807) is 0 Å². The van der Waals surface area contributed by atoms with Crippen LogP contribution in [0, 0.1) is 0 Å². The third-order valence-electron chi connectivity index (χ3n) is 5.60. The van der Waals surface area contributed by atoms with Crippen molar-refractivity contribution in [1.29, 1.82) is 0 Å². The van der Waals surface area contributed by atoms with Crippen molar-refractivity contribution in [3.63, 3.8) is 0 Å². The van der Waals surface area contributed by atoms with Crippen LogP contribution in [0.5, 0.6) is 5.75 Å². The number of aromatic nitrogens is 1. The van der Waals surface area contributed by atoms with Crippen molar-refractivity contribution >= 4 is 21.8 Å². The van der Waals surface area contributed by atoms with Crippen LogP contribution in [0.1, 0.15) is 41.4 Å². The molecular weight excluding hydrogens is 394 g/mol. The van der Waals surface area contributed by atoms with Crippen molar-refractivity contribution in [3.8, 4) is 5.75 Å². The van der Waals surface area contributed by atoms with Gasteiger partial charge < -0.3 is 19.5 Å². The molecule has 3 heterocycles. The molecule has 5 nitrogen and oxygen atoms in total. The van der Waals surface area contributed by atoms with E-state index in [-0.39, 0.29) is 17.6 Å². The van der Waals surface area contributed by atoms with Gasteiger partial charge in [-0.2, -0.15) is 0 Å². The molecule has 1 unspecified atom stereocenters. The molecule has 1 aromatic carbocycles. The number of benzene rings is 1. The van der Waals surface area contributed by atoms with E-state index < -0.39 is 0 Å². The van der Waals surface area contributed by atoms with Gasteiger partial charge in [0.05, 0.1) is 6.04 Å². The van der Waals surface area contributed by atoms with Gasteiger partial charge in [0.1, 0.15) is 17.0 Å². The maximum absolute atomic E-state index is 12.9. The Morgan fingerprint density at radius 2 is 2.00 bits per heavy atom. The molecule has 1 fully saturated rings. The fraction of sp³-hybridized carbons (Fsp3) is 0.450. The van der Waals surface area contributed by atoms with Gasteiger partial charge in [0.2, 0.25) is 0 Å². The molecule has 1 spiro atoms. The summed E-state index contributed by atoms with van der Waals surface area (Å²) in [5, 5.41) is 3.25. The highest BCUT2D eigenvalue weighted by molar-refractivity contribution is 9.10. The topological polar surface area (TPSA) is 46.5 Å². The van der Waals surface area contributed by atoms with Crippen molar-refractivity contribution in [3.05, 3.63) is 52.3 Å². The molecule has 0 bridgehead atoms. The van der Waals surface area contributed by atoms with Gasteiger partial charge in [0.15, 0.2) is 0 Å². The molecule has 2 aromatic rings. The lowest BCUT2D eigenvalue weighted by Gasteiger charge is -2.46. The number of carbonyl (C=O) groups excluding carboxylic acids is 1. The number of rotatable bonds is 2. The number of para-hydroxylation sites is 1. The molecule has 26 heavy (non-hydrogen) atoms. The van der Waals surface area contributed by atoms with Crippen LogP contribution < -0.4 is 10.1 Å². The number of carbonyl (C=O) groups is 1. The van der Waals surface area contributed by atoms with E-state index in [0.29, 0.717) is 5.69 Å². The van der Waals surface area contributed by atoms with Gasteiger partial charge in [-0.1, -0.05) is 18.2 Å². The minimum absolute atomic E-state index is 0.0375. The largest absolute Gasteiger partial charge is 0.487 e. The number of nitrogens with one attached hydrogen (secondary N) is 1. The van der Waals surface area contributed by atoms with Crippen LogP contribution in [0.2, 0.25) is 0 Å². The molecule has 1 N–H and O–H groups in total. The Balaban J connectivity index is 1.61. The molecule has 0 radical (unpaired) electrons. The van der Waals surface area contributed by atoms with Crippen molar-refractivity contribution in [2.45, 2.75) is 30.9 Å². The first kappa shape index (κ1) is 17.6. The van der Waals surface area contributed by atoms with Crippen LogP contribution in [0.15, 0.2) is 41.0 Å². The Kier molecular flexibility index (Phi) is 4.57. The third-order valence-corrected chi connectivity index (χ3v) is 6.04. The average molecular weight is 418 g/mol. The van der Waals surface area contributed by atoms with Crippen molar-refractivity contribution in [1.82, 2.24) is 14.8 Å². The van der Waals surface area contributed by atoms with E-state index in [1.807, 2.05) is 42.1 Å². The zero-order valence-corrected chi connectivity index (χ0v) is 16.8. The Bertz CT molecular complexity index is 824. The zero-order chi connectivity index (χ0) is 18.3. The normalized spacial score (nSPS) is 21.9. The van der Waals surface area contributed by atoms with Gasteiger partial charge in [0.25, 0.3) is 5.91 Å². The lowest BCUT2D eigenvalue weighted by molar-refractivity contribution is -0.0196. The molecule has 4 rings (SSSR count). The highest BCUT2D eigenvalue weighted by Gasteiger charge is 2.43. The molecule has 1 saturated heterocycles. The van der Waals surface area contributed by atoms with Crippen molar-refractivity contribution in [2.75, 3.05) is 20.1 Å². The summed E-state index contributed by atoms with van der Waals surface area (Å²) >= 11 is 3.44. The number of likely N-dealkylation sites (tertiary alicyclic amines) is 1. The standard InChI is InChI=1S/C20H24BrN3O2/c1-23-9-7-20(8-10-23)12-16(15-5-3-4-6-18(15)26-20)22-19(25)17-11-14(21)13-24(17)2/h3-6,11,13,16H,7-10,12H2,1-2H3,(H,22,25). The minimum atomic E-state index is -0.187. The van der Waals surface area contributed by atoms with Crippen molar-refractivity contribution < 1.29 is 9.53 Å². The summed E-state index contributed by atoms with van der Waals surface area (Å²) in [6.45, 7) is 2.04. The summed E-state index contributed by atoms with van der Waals surface area (Å²) in [4.78, 5) is 15.2. The van der Waals surface area contributed by atoms with Crippen LogP contribution in [0.3, 0.4) is 0 Å². The predicted molar refractivity (Wildman–Crippen MR) is 104 cm³/mol. The summed E-state index contributed by atoms with van der Waals surface area (Å²) in [6, 6.07) is 9.90. The van der Waals surface area contributed by atoms with E-state index in [9.17, 15) is 4.79 Å². The monoisotopic (exact) mass is 417 g/mol. The molecule has 6 heteroatoms. The summed E-state index contributed by atoms with van der Waals surface area (Å²) < 4.78 is 9.21. The first-order chi connectivity index (χ1) is 12.5. The SMILES string of the molecule is CN1CCC2(CC1)CC(NC(=O)c1cc(Br)cn1C)c1ccccc1O2. The van der Waals surface area contributed by atoms with E-state index >= 15 is 0 Å². The minimum Gasteiger partial charge on any atom is -0.487 e. The number of piperidine rings is 1. The van der Waals surface area contributed by atoms with Gasteiger partial charge in [0, 0.05) is 42.8 Å². The fourth-order valence-electron chi connectivity index (χ4n) is 4.06. The molecule has 1 atom stereocenters. The number of hydrogen-bond donors (Lipinski definition) is 1. The molecule has 1 amide bonds. The van der Waals surface area contributed by atoms with Crippen LogP contribution in [0.25, 0.3) is 0 Å². The first-order valence-electron chi connectivity index (χ1n) is 9.05. The number of fused-ring (bicyclic) bond motifs is 1. The maximum atomic E-state index is 12.9. The van der Waals surface area contributed by atoms with E-state index in [1.165, 1.54) is 0 Å². The summed E-state index contributed by atoms with van der Waals surface area (Å²) in [6.07, 6.45) is 4.68. The summed E-state index contributed by atoms with van der Waals surface area (Å²) in [5.41, 5.74) is 1.53. The number of nitrogens with zero attached hydrogens (tertiary/aromatic N) is 2. The lowest BCUT2D eigenvalue weighted by atomic mass is 9.80. The Labute approximate surface area is 162 Å². The maximum Gasteiger partial charge on any atom is 0.268 e. The Hall–Kier alpha value is -1.79. The van der Waals surface area contributed by atoms with Gasteiger partial charge >= 0.3 is 0 Å². The molecule has 0 saturated carbocycles. The summed E-state index contributed by atoms with van der Waals surface area (Å²) in [7, 11) is 4.03. The first-order valence-corrected chi connectivity index (χ1v) is 9.84. The van der Waals surface area contributed by atoms with Crippen LogP contribution >= 0.6 is 15.9 Å². The molecule has 1 aromatic heterocycles. The zero-order valence-electron chi connectivity index (χ0n) is 15.2. The van der Waals surface area contributed by atoms with Gasteiger partial charge in [-0.15, -0.1) is 0 Å². The fourth-order valence-corrected chi connectivity index (χ4v) is 4.59. The molecule has 138 valence electrons. The highest BCUT2D eigenvalue weighted by atomic mass is 79.9. The number of amides is 1. The van der Waals surface area contributed by atoms with Gasteiger partial charge in [-0.05, 0) is 48.0 Å². The number of ether oxygens (including phenoxy) is 1. The van der Waals surface area contributed by atoms with Crippen LogP contribution in [0.4, 0.5) is 0 Å². The smallest absolute Gasteiger partial charge is 0.268 e. The molecule has 2 aliphatic rings. The van der Waals surface area contributed by atoms with E-state index in [4.69, 9.17) is 4.74 Å². The predicted octanol–water partition coefficient (Wildman–Crippen LogP) is 3.51. The van der Waals surface area contributed by atoms with E-state index in [0.717, 1.165) is 48.1 Å². The number of aryl methyl sites for hydroxylation is 1.